The number of halogens is 1. The first kappa shape index (κ1) is 15.3. The summed E-state index contributed by atoms with van der Waals surface area (Å²) >= 11 is 5.79. The van der Waals surface area contributed by atoms with E-state index in [1.807, 2.05) is 0 Å². The molecule has 1 N–H and O–H groups in total. The number of nitrogens with one attached hydrogen (secondary N) is 1. The second-order valence-corrected chi connectivity index (χ2v) is 7.18. The molecule has 1 aromatic rings. The predicted molar refractivity (Wildman–Crippen MR) is 78.4 cm³/mol. The van der Waals surface area contributed by atoms with Crippen LogP contribution in [0.2, 0.25) is 5.02 Å². The van der Waals surface area contributed by atoms with Gasteiger partial charge in [0.25, 0.3) is 5.91 Å². The number of piperidine rings is 1. The highest BCUT2D eigenvalue weighted by molar-refractivity contribution is 7.88. The molecule has 1 amide bonds. The van der Waals surface area contributed by atoms with Crippen molar-refractivity contribution in [2.75, 3.05) is 19.3 Å². The topological polar surface area (TPSA) is 66.5 Å². The quantitative estimate of drug-likeness (QED) is 0.919. The summed E-state index contributed by atoms with van der Waals surface area (Å²) in [5.74, 6) is -0.0422. The average molecular weight is 317 g/mol. The van der Waals surface area contributed by atoms with Gasteiger partial charge in [-0.2, -0.15) is 0 Å². The Hall–Kier alpha value is -1.11. The van der Waals surface area contributed by atoms with Crippen LogP contribution in [0.15, 0.2) is 24.3 Å². The van der Waals surface area contributed by atoms with Crippen molar-refractivity contribution in [1.29, 1.82) is 0 Å². The van der Waals surface area contributed by atoms with Gasteiger partial charge in [0.1, 0.15) is 0 Å². The third-order valence-electron chi connectivity index (χ3n) is 3.25. The number of hydrogen-bond acceptors (Lipinski definition) is 3. The van der Waals surface area contributed by atoms with Crippen LogP contribution in [0.1, 0.15) is 23.2 Å². The fourth-order valence-electron chi connectivity index (χ4n) is 2.28. The molecule has 20 heavy (non-hydrogen) atoms. The third kappa shape index (κ3) is 4.19. The number of benzene rings is 1. The lowest BCUT2D eigenvalue weighted by Gasteiger charge is -2.32. The summed E-state index contributed by atoms with van der Waals surface area (Å²) in [5.41, 5.74) is 0.601. The molecule has 1 aliphatic rings. The van der Waals surface area contributed by atoms with E-state index in [2.05, 4.69) is 4.72 Å². The first-order valence-corrected chi connectivity index (χ1v) is 8.64. The summed E-state index contributed by atoms with van der Waals surface area (Å²) < 4.78 is 24.9. The molecule has 1 aliphatic heterocycles. The molecule has 0 unspecified atom stereocenters. The molecule has 110 valence electrons. The summed E-state index contributed by atoms with van der Waals surface area (Å²) in [6.45, 7) is 1.10. The van der Waals surface area contributed by atoms with Crippen LogP contribution in [0.4, 0.5) is 0 Å². The highest BCUT2D eigenvalue weighted by atomic mass is 35.5. The highest BCUT2D eigenvalue weighted by Gasteiger charge is 2.25. The van der Waals surface area contributed by atoms with Crippen LogP contribution in [0.5, 0.6) is 0 Å². The lowest BCUT2D eigenvalue weighted by atomic mass is 10.0. The Morgan fingerprint density at radius 3 is 2.30 bits per heavy atom. The molecule has 0 atom stereocenters. The minimum atomic E-state index is -3.19. The molecule has 1 heterocycles. The minimum Gasteiger partial charge on any atom is -0.339 e. The van der Waals surface area contributed by atoms with Crippen LogP contribution < -0.4 is 4.72 Å². The summed E-state index contributed by atoms with van der Waals surface area (Å²) in [6, 6.07) is 6.69. The normalized spacial score (nSPS) is 17.2. The number of nitrogens with zero attached hydrogens (tertiary/aromatic N) is 1. The standard InChI is InChI=1S/C13H17ClN2O3S/c1-20(18,19)15-12-6-8-16(9-7-12)13(17)10-2-4-11(14)5-3-10/h2-5,12,15H,6-9H2,1H3. The van der Waals surface area contributed by atoms with E-state index in [4.69, 9.17) is 11.6 Å². The van der Waals surface area contributed by atoms with E-state index in [9.17, 15) is 13.2 Å². The predicted octanol–water partition coefficient (Wildman–Crippen LogP) is 1.49. The molecule has 0 saturated carbocycles. The van der Waals surface area contributed by atoms with Gasteiger partial charge in [-0.25, -0.2) is 13.1 Å². The molecule has 0 aromatic heterocycles. The number of rotatable bonds is 3. The molecule has 5 nitrogen and oxygen atoms in total. The molecule has 0 bridgehead atoms. The fourth-order valence-corrected chi connectivity index (χ4v) is 3.25. The highest BCUT2D eigenvalue weighted by Crippen LogP contribution is 2.16. The van der Waals surface area contributed by atoms with E-state index in [-0.39, 0.29) is 11.9 Å². The zero-order valence-electron chi connectivity index (χ0n) is 11.2. The summed E-state index contributed by atoms with van der Waals surface area (Å²) in [6.07, 6.45) is 2.41. The Labute approximate surface area is 124 Å². The molecule has 2 rings (SSSR count). The average Bonchev–Trinajstić information content (AvgIpc) is 2.38. The van der Waals surface area contributed by atoms with Crippen molar-refractivity contribution >= 4 is 27.5 Å². The molecule has 0 radical (unpaired) electrons. The largest absolute Gasteiger partial charge is 0.339 e. The van der Waals surface area contributed by atoms with Gasteiger partial charge in [0.2, 0.25) is 10.0 Å². The monoisotopic (exact) mass is 316 g/mol. The van der Waals surface area contributed by atoms with Gasteiger partial charge in [0.05, 0.1) is 6.26 Å². The molecule has 7 heteroatoms. The Bertz CT molecular complexity index is 578. The number of carbonyl (C=O) groups is 1. The van der Waals surface area contributed by atoms with Gasteiger partial charge in [-0.1, -0.05) is 11.6 Å². The van der Waals surface area contributed by atoms with Gasteiger partial charge in [-0.05, 0) is 37.1 Å². The molecule has 0 aliphatic carbocycles. The zero-order valence-corrected chi connectivity index (χ0v) is 12.7. The van der Waals surface area contributed by atoms with Gasteiger partial charge < -0.3 is 4.90 Å². The zero-order chi connectivity index (χ0) is 14.8. The second-order valence-electron chi connectivity index (χ2n) is 4.96. The van der Waals surface area contributed by atoms with Crippen molar-refractivity contribution in [2.24, 2.45) is 0 Å². The van der Waals surface area contributed by atoms with Gasteiger partial charge >= 0.3 is 0 Å². The Morgan fingerprint density at radius 1 is 1.25 bits per heavy atom. The fraction of sp³-hybridized carbons (Fsp3) is 0.462. The molecular weight excluding hydrogens is 300 g/mol. The van der Waals surface area contributed by atoms with E-state index in [1.54, 1.807) is 29.2 Å². The van der Waals surface area contributed by atoms with E-state index < -0.39 is 10.0 Å². The number of likely N-dealkylation sites (tertiary alicyclic amines) is 1. The van der Waals surface area contributed by atoms with Gasteiger partial charge in [-0.15, -0.1) is 0 Å². The number of hydrogen-bond donors (Lipinski definition) is 1. The van der Waals surface area contributed by atoms with Gasteiger partial charge in [-0.3, -0.25) is 4.79 Å². The van der Waals surface area contributed by atoms with E-state index in [0.29, 0.717) is 36.5 Å². The Kier molecular flexibility index (Phi) is 4.67. The lowest BCUT2D eigenvalue weighted by Crippen LogP contribution is -2.46. The number of sulfonamides is 1. The first-order chi connectivity index (χ1) is 9.35. The van der Waals surface area contributed by atoms with Crippen LogP contribution in [-0.4, -0.2) is 44.6 Å². The van der Waals surface area contributed by atoms with Crippen molar-refractivity contribution in [3.05, 3.63) is 34.9 Å². The maximum atomic E-state index is 12.2. The molecule has 1 saturated heterocycles. The maximum Gasteiger partial charge on any atom is 0.253 e. The SMILES string of the molecule is CS(=O)(=O)NC1CCN(C(=O)c2ccc(Cl)cc2)CC1. The van der Waals surface area contributed by atoms with Gasteiger partial charge in [0.15, 0.2) is 0 Å². The number of amides is 1. The summed E-state index contributed by atoms with van der Waals surface area (Å²) in [4.78, 5) is 14.0. The van der Waals surface area contributed by atoms with E-state index >= 15 is 0 Å². The van der Waals surface area contributed by atoms with E-state index in [1.165, 1.54) is 0 Å². The Balaban J connectivity index is 1.93. The van der Waals surface area contributed by atoms with Crippen LogP contribution >= 0.6 is 11.6 Å². The number of carbonyl (C=O) groups excluding carboxylic acids is 1. The smallest absolute Gasteiger partial charge is 0.253 e. The van der Waals surface area contributed by atoms with Crippen molar-refractivity contribution in [2.45, 2.75) is 18.9 Å². The van der Waals surface area contributed by atoms with E-state index in [0.717, 1.165) is 6.26 Å². The first-order valence-electron chi connectivity index (χ1n) is 6.37. The second kappa shape index (κ2) is 6.11. The molecular formula is C13H17ClN2O3S. The van der Waals surface area contributed by atoms with Crippen LogP contribution in [-0.2, 0) is 10.0 Å². The van der Waals surface area contributed by atoms with Crippen molar-refractivity contribution in [1.82, 2.24) is 9.62 Å². The summed E-state index contributed by atoms with van der Waals surface area (Å²) in [7, 11) is -3.19. The van der Waals surface area contributed by atoms with Crippen LogP contribution in [0, 0.1) is 0 Å². The van der Waals surface area contributed by atoms with Crippen molar-refractivity contribution in [3.8, 4) is 0 Å². The lowest BCUT2D eigenvalue weighted by molar-refractivity contribution is 0.0711. The van der Waals surface area contributed by atoms with Crippen molar-refractivity contribution < 1.29 is 13.2 Å². The molecule has 1 aromatic carbocycles. The molecule has 1 fully saturated rings. The van der Waals surface area contributed by atoms with Crippen molar-refractivity contribution in [3.63, 3.8) is 0 Å². The van der Waals surface area contributed by atoms with Gasteiger partial charge in [0, 0.05) is 29.7 Å². The van der Waals surface area contributed by atoms with Crippen LogP contribution in [0.3, 0.4) is 0 Å². The maximum absolute atomic E-state index is 12.2. The third-order valence-corrected chi connectivity index (χ3v) is 4.27. The molecule has 0 spiro atoms. The van der Waals surface area contributed by atoms with Crippen LogP contribution in [0.25, 0.3) is 0 Å². The Morgan fingerprint density at radius 2 is 1.80 bits per heavy atom. The summed E-state index contributed by atoms with van der Waals surface area (Å²) in [5, 5.41) is 0.595. The minimum absolute atomic E-state index is 0.0422.